The minimum atomic E-state index is 0.814. The largest absolute Gasteiger partial charge is 0.332 e. The topological polar surface area (TPSA) is 42.7 Å². The maximum absolute atomic E-state index is 4.50. The molecule has 0 fully saturated rings. The van der Waals surface area contributed by atoms with Crippen molar-refractivity contribution in [1.82, 2.24) is 19.9 Å². The minimum absolute atomic E-state index is 0.814. The molecule has 0 amide bonds. The Morgan fingerprint density at radius 3 is 3.07 bits per heavy atom. The number of nitrogens with zero attached hydrogens (tertiary/aromatic N) is 3. The zero-order valence-electron chi connectivity index (χ0n) is 8.19. The van der Waals surface area contributed by atoms with Gasteiger partial charge in [0, 0.05) is 19.0 Å². The second-order valence-corrected chi connectivity index (χ2v) is 3.92. The third-order valence-electron chi connectivity index (χ3n) is 1.95. The van der Waals surface area contributed by atoms with Crippen LogP contribution in [0.15, 0.2) is 17.9 Å². The van der Waals surface area contributed by atoms with E-state index in [1.165, 1.54) is 0 Å². The fraction of sp³-hybridized carbons (Fsp3) is 0.333. The number of aromatic nitrogens is 3. The van der Waals surface area contributed by atoms with E-state index in [-0.39, 0.29) is 0 Å². The van der Waals surface area contributed by atoms with Crippen molar-refractivity contribution in [2.75, 3.05) is 7.05 Å². The molecular formula is C9H12N4S. The van der Waals surface area contributed by atoms with Crippen LogP contribution in [-0.2, 0) is 13.6 Å². The molecule has 0 unspecified atom stereocenters. The maximum Gasteiger partial charge on any atom is 0.141 e. The first-order valence-electron chi connectivity index (χ1n) is 4.37. The van der Waals surface area contributed by atoms with E-state index >= 15 is 0 Å². The number of aryl methyl sites for hydroxylation is 1. The summed E-state index contributed by atoms with van der Waals surface area (Å²) < 4.78 is 1.97. The van der Waals surface area contributed by atoms with Crippen LogP contribution >= 0.6 is 11.3 Å². The lowest BCUT2D eigenvalue weighted by atomic mass is 10.4. The van der Waals surface area contributed by atoms with E-state index in [4.69, 9.17) is 0 Å². The summed E-state index contributed by atoms with van der Waals surface area (Å²) in [6.45, 7) is 0.814. The summed E-state index contributed by atoms with van der Waals surface area (Å²) in [4.78, 5) is 8.57. The van der Waals surface area contributed by atoms with Gasteiger partial charge in [0.1, 0.15) is 5.01 Å². The highest BCUT2D eigenvalue weighted by Crippen LogP contribution is 2.22. The summed E-state index contributed by atoms with van der Waals surface area (Å²) in [5, 5.41) is 6.17. The number of rotatable bonds is 3. The van der Waals surface area contributed by atoms with E-state index in [0.717, 1.165) is 22.9 Å². The Bertz CT molecular complexity index is 418. The van der Waals surface area contributed by atoms with Gasteiger partial charge in [-0.2, -0.15) is 0 Å². The average molecular weight is 208 g/mol. The van der Waals surface area contributed by atoms with Crippen LogP contribution in [0.1, 0.15) is 5.69 Å². The van der Waals surface area contributed by atoms with Gasteiger partial charge in [0.05, 0.1) is 23.9 Å². The van der Waals surface area contributed by atoms with Crippen LogP contribution in [0.2, 0.25) is 0 Å². The highest BCUT2D eigenvalue weighted by Gasteiger charge is 2.06. The van der Waals surface area contributed by atoms with Gasteiger partial charge in [-0.1, -0.05) is 0 Å². The highest BCUT2D eigenvalue weighted by atomic mass is 32.1. The first-order chi connectivity index (χ1) is 6.81. The molecule has 5 heteroatoms. The van der Waals surface area contributed by atoms with Gasteiger partial charge >= 0.3 is 0 Å². The zero-order valence-corrected chi connectivity index (χ0v) is 9.01. The van der Waals surface area contributed by atoms with Gasteiger partial charge in [-0.05, 0) is 7.05 Å². The second-order valence-electron chi connectivity index (χ2n) is 3.06. The quantitative estimate of drug-likeness (QED) is 0.826. The van der Waals surface area contributed by atoms with Crippen molar-refractivity contribution in [3.05, 3.63) is 23.6 Å². The van der Waals surface area contributed by atoms with E-state index in [0.29, 0.717) is 0 Å². The van der Waals surface area contributed by atoms with E-state index < -0.39 is 0 Å². The van der Waals surface area contributed by atoms with Crippen LogP contribution < -0.4 is 5.32 Å². The van der Waals surface area contributed by atoms with E-state index in [2.05, 4.69) is 20.7 Å². The van der Waals surface area contributed by atoms with Crippen LogP contribution in [0.3, 0.4) is 0 Å². The molecule has 2 aromatic rings. The molecular weight excluding hydrogens is 196 g/mol. The molecule has 14 heavy (non-hydrogen) atoms. The van der Waals surface area contributed by atoms with Crippen LogP contribution in [-0.4, -0.2) is 21.6 Å². The molecule has 74 valence electrons. The Balaban J connectivity index is 2.29. The standard InChI is InChI=1S/C9H12N4S/c1-10-3-7-5-14-9(12-7)8-4-11-6-13(8)2/h4-6,10H,3H2,1-2H3. The first kappa shape index (κ1) is 9.36. The molecule has 0 aliphatic carbocycles. The molecule has 0 saturated heterocycles. The molecule has 4 nitrogen and oxygen atoms in total. The summed E-state index contributed by atoms with van der Waals surface area (Å²) in [5.41, 5.74) is 2.14. The van der Waals surface area contributed by atoms with Crippen molar-refractivity contribution in [1.29, 1.82) is 0 Å². The molecule has 2 aromatic heterocycles. The number of hydrogen-bond acceptors (Lipinski definition) is 4. The van der Waals surface area contributed by atoms with E-state index in [9.17, 15) is 0 Å². The molecule has 0 bridgehead atoms. The molecule has 1 N–H and O–H groups in total. The van der Waals surface area contributed by atoms with Crippen molar-refractivity contribution in [2.45, 2.75) is 6.54 Å². The molecule has 0 saturated carbocycles. The van der Waals surface area contributed by atoms with Crippen LogP contribution in [0.5, 0.6) is 0 Å². The summed E-state index contributed by atoms with van der Waals surface area (Å²) >= 11 is 1.65. The average Bonchev–Trinajstić information content (AvgIpc) is 2.74. The van der Waals surface area contributed by atoms with Gasteiger partial charge in [0.2, 0.25) is 0 Å². The Hall–Kier alpha value is -1.20. The Kier molecular flexibility index (Phi) is 2.60. The molecule has 0 aliphatic rings. The SMILES string of the molecule is CNCc1csc(-c2cncn2C)n1. The smallest absolute Gasteiger partial charge is 0.141 e. The third kappa shape index (κ3) is 1.69. The summed E-state index contributed by atoms with van der Waals surface area (Å²) in [7, 11) is 3.89. The lowest BCUT2D eigenvalue weighted by Gasteiger charge is -1.96. The molecule has 0 spiro atoms. The fourth-order valence-electron chi connectivity index (χ4n) is 1.25. The van der Waals surface area contributed by atoms with Gasteiger partial charge in [-0.15, -0.1) is 11.3 Å². The van der Waals surface area contributed by atoms with Gasteiger partial charge < -0.3 is 9.88 Å². The lowest BCUT2D eigenvalue weighted by Crippen LogP contribution is -2.05. The summed E-state index contributed by atoms with van der Waals surface area (Å²) in [6, 6.07) is 0. The lowest BCUT2D eigenvalue weighted by molar-refractivity contribution is 0.797. The number of hydrogen-bond donors (Lipinski definition) is 1. The van der Waals surface area contributed by atoms with Gasteiger partial charge in [-0.3, -0.25) is 0 Å². The highest BCUT2D eigenvalue weighted by molar-refractivity contribution is 7.13. The molecule has 0 aromatic carbocycles. The summed E-state index contributed by atoms with van der Waals surface area (Å²) in [5.74, 6) is 0. The van der Waals surface area contributed by atoms with Crippen molar-refractivity contribution >= 4 is 11.3 Å². The van der Waals surface area contributed by atoms with Crippen molar-refractivity contribution in [3.63, 3.8) is 0 Å². The minimum Gasteiger partial charge on any atom is -0.332 e. The van der Waals surface area contributed by atoms with Crippen LogP contribution in [0.25, 0.3) is 10.7 Å². The molecule has 0 atom stereocenters. The van der Waals surface area contributed by atoms with Gasteiger partial charge in [0.25, 0.3) is 0 Å². The zero-order chi connectivity index (χ0) is 9.97. The van der Waals surface area contributed by atoms with Gasteiger partial charge in [-0.25, -0.2) is 9.97 Å². The van der Waals surface area contributed by atoms with Crippen molar-refractivity contribution in [3.8, 4) is 10.7 Å². The van der Waals surface area contributed by atoms with Crippen LogP contribution in [0.4, 0.5) is 0 Å². The summed E-state index contributed by atoms with van der Waals surface area (Å²) in [6.07, 6.45) is 3.62. The fourth-order valence-corrected chi connectivity index (χ4v) is 2.12. The predicted molar refractivity (Wildman–Crippen MR) is 57.1 cm³/mol. The Morgan fingerprint density at radius 1 is 1.57 bits per heavy atom. The second kappa shape index (κ2) is 3.89. The predicted octanol–water partition coefficient (Wildman–Crippen LogP) is 1.26. The normalized spacial score (nSPS) is 10.7. The monoisotopic (exact) mass is 208 g/mol. The molecule has 2 rings (SSSR count). The number of nitrogens with one attached hydrogen (secondary N) is 1. The van der Waals surface area contributed by atoms with E-state index in [1.807, 2.05) is 24.9 Å². The molecule has 0 radical (unpaired) electrons. The van der Waals surface area contributed by atoms with E-state index in [1.54, 1.807) is 17.7 Å². The molecule has 0 aliphatic heterocycles. The number of thiazole rings is 1. The van der Waals surface area contributed by atoms with Crippen LogP contribution in [0, 0.1) is 0 Å². The Morgan fingerprint density at radius 2 is 2.43 bits per heavy atom. The Labute approximate surface area is 86.6 Å². The maximum atomic E-state index is 4.50. The first-order valence-corrected chi connectivity index (χ1v) is 5.25. The van der Waals surface area contributed by atoms with Gasteiger partial charge in [0.15, 0.2) is 0 Å². The third-order valence-corrected chi connectivity index (χ3v) is 2.86. The number of imidazole rings is 1. The van der Waals surface area contributed by atoms with Crippen molar-refractivity contribution in [2.24, 2.45) is 7.05 Å². The molecule has 2 heterocycles. The van der Waals surface area contributed by atoms with Crippen molar-refractivity contribution < 1.29 is 0 Å².